The largest absolute Gasteiger partial charge is 0.221 e. The van der Waals surface area contributed by atoms with Crippen LogP contribution < -0.4 is 0 Å². The van der Waals surface area contributed by atoms with Crippen LogP contribution in [0.3, 0.4) is 0 Å². The van der Waals surface area contributed by atoms with Gasteiger partial charge >= 0.3 is 0 Å². The topological polar surface area (TPSA) is 25.8 Å². The molecule has 0 amide bonds. The number of nitrogens with zero attached hydrogens (tertiary/aromatic N) is 2. The van der Waals surface area contributed by atoms with Crippen molar-refractivity contribution in [3.8, 4) is 0 Å². The molecule has 0 spiro atoms. The predicted molar refractivity (Wildman–Crippen MR) is 64.0 cm³/mol. The highest BCUT2D eigenvalue weighted by Crippen LogP contribution is 2.28. The summed E-state index contributed by atoms with van der Waals surface area (Å²) in [5.41, 5.74) is 0.858. The number of hydrogen-bond donors (Lipinski definition) is 0. The lowest BCUT2D eigenvalue weighted by Crippen LogP contribution is -1.89. The lowest BCUT2D eigenvalue weighted by molar-refractivity contribution is 1.01. The zero-order valence-electron chi connectivity index (χ0n) is 7.29. The predicted octanol–water partition coefficient (Wildman–Crippen LogP) is 3.77. The van der Waals surface area contributed by atoms with Gasteiger partial charge in [0.25, 0.3) is 0 Å². The number of hydrogen-bond acceptors (Lipinski definition) is 3. The van der Waals surface area contributed by atoms with E-state index in [1.54, 1.807) is 0 Å². The first-order valence-corrected chi connectivity index (χ1v) is 6.27. The van der Waals surface area contributed by atoms with Gasteiger partial charge in [-0.3, -0.25) is 0 Å². The van der Waals surface area contributed by atoms with Gasteiger partial charge in [0.15, 0.2) is 5.16 Å². The molecule has 0 fully saturated rings. The van der Waals surface area contributed by atoms with Crippen LogP contribution in [-0.4, -0.2) is 16.2 Å². The second kappa shape index (κ2) is 4.04. The van der Waals surface area contributed by atoms with E-state index in [1.165, 1.54) is 11.8 Å². The minimum absolute atomic E-state index is 0.501. The Morgan fingerprint density at radius 1 is 1.36 bits per heavy atom. The molecule has 0 unspecified atom stereocenters. The van der Waals surface area contributed by atoms with E-state index in [-0.39, 0.29) is 0 Å². The lowest BCUT2D eigenvalue weighted by Gasteiger charge is -2.03. The van der Waals surface area contributed by atoms with Crippen LogP contribution >= 0.6 is 39.3 Å². The van der Waals surface area contributed by atoms with E-state index in [4.69, 9.17) is 11.6 Å². The summed E-state index contributed by atoms with van der Waals surface area (Å²) in [5.74, 6) is 0. The van der Waals surface area contributed by atoms with Gasteiger partial charge in [0.2, 0.25) is 0 Å². The molecule has 1 aromatic carbocycles. The van der Waals surface area contributed by atoms with Crippen molar-refractivity contribution in [3.05, 3.63) is 27.8 Å². The van der Waals surface area contributed by atoms with Crippen LogP contribution in [0, 0.1) is 0 Å². The van der Waals surface area contributed by atoms with Crippen LogP contribution in [0.25, 0.3) is 10.9 Å². The quantitative estimate of drug-likeness (QED) is 0.454. The molecular weight excluding hydrogens is 284 g/mol. The van der Waals surface area contributed by atoms with Gasteiger partial charge in [-0.2, -0.15) is 0 Å². The van der Waals surface area contributed by atoms with Gasteiger partial charge in [-0.1, -0.05) is 29.4 Å². The number of thioether (sulfide) groups is 1. The van der Waals surface area contributed by atoms with Gasteiger partial charge in [-0.25, -0.2) is 9.97 Å². The molecule has 0 N–H and O–H groups in total. The Bertz CT molecular complexity index is 489. The molecule has 0 bridgehead atoms. The molecule has 1 heterocycles. The maximum atomic E-state index is 6.03. The molecule has 14 heavy (non-hydrogen) atoms. The second-order valence-electron chi connectivity index (χ2n) is 2.64. The first-order chi connectivity index (χ1) is 6.72. The molecule has 0 saturated heterocycles. The van der Waals surface area contributed by atoms with Crippen molar-refractivity contribution in [3.63, 3.8) is 0 Å². The zero-order chi connectivity index (χ0) is 10.1. The highest BCUT2D eigenvalue weighted by Gasteiger charge is 2.07. The highest BCUT2D eigenvalue weighted by atomic mass is 79.9. The molecule has 0 aliphatic heterocycles. The molecule has 2 aromatic rings. The van der Waals surface area contributed by atoms with Crippen molar-refractivity contribution in [1.82, 2.24) is 9.97 Å². The van der Waals surface area contributed by atoms with E-state index in [0.717, 1.165) is 15.4 Å². The molecule has 0 aliphatic carbocycles. The molecule has 0 saturated carbocycles. The van der Waals surface area contributed by atoms with E-state index in [1.807, 2.05) is 24.5 Å². The molecule has 2 nitrogen and oxygen atoms in total. The normalized spacial score (nSPS) is 10.8. The fourth-order valence-corrected chi connectivity index (χ4v) is 2.25. The molecule has 72 valence electrons. The summed E-state index contributed by atoms with van der Waals surface area (Å²) in [4.78, 5) is 8.53. The van der Waals surface area contributed by atoms with Crippen LogP contribution in [0.15, 0.2) is 27.8 Å². The van der Waals surface area contributed by atoms with Gasteiger partial charge in [-0.05, 0) is 34.3 Å². The minimum atomic E-state index is 0.501. The number of para-hydroxylation sites is 1. The Morgan fingerprint density at radius 2 is 2.14 bits per heavy atom. The minimum Gasteiger partial charge on any atom is -0.221 e. The standard InChI is InChI=1S/C9H6BrClN2S/c1-14-9-12-7-5(8(11)13-9)3-2-4-6(7)10/h2-4H,1H3. The van der Waals surface area contributed by atoms with Crippen molar-refractivity contribution in [2.45, 2.75) is 5.16 Å². The number of halogens is 2. The SMILES string of the molecule is CSc1nc(Cl)c2cccc(Br)c2n1. The van der Waals surface area contributed by atoms with Crippen LogP contribution in [-0.2, 0) is 0 Å². The van der Waals surface area contributed by atoms with Crippen molar-refractivity contribution < 1.29 is 0 Å². The van der Waals surface area contributed by atoms with Crippen molar-refractivity contribution in [2.75, 3.05) is 6.26 Å². The first-order valence-electron chi connectivity index (χ1n) is 3.88. The molecule has 5 heteroatoms. The first kappa shape index (κ1) is 10.2. The monoisotopic (exact) mass is 288 g/mol. The van der Waals surface area contributed by atoms with E-state index in [9.17, 15) is 0 Å². The molecule has 0 aliphatic rings. The number of rotatable bonds is 1. The fraction of sp³-hybridized carbons (Fsp3) is 0.111. The van der Waals surface area contributed by atoms with E-state index in [2.05, 4.69) is 25.9 Å². The van der Waals surface area contributed by atoms with Crippen LogP contribution in [0.1, 0.15) is 0 Å². The van der Waals surface area contributed by atoms with Crippen molar-refractivity contribution >= 4 is 50.2 Å². The number of aromatic nitrogens is 2. The van der Waals surface area contributed by atoms with Crippen molar-refractivity contribution in [1.29, 1.82) is 0 Å². The van der Waals surface area contributed by atoms with Gasteiger partial charge in [0, 0.05) is 9.86 Å². The average molecular weight is 290 g/mol. The number of fused-ring (bicyclic) bond motifs is 1. The molecular formula is C9H6BrClN2S. The second-order valence-corrected chi connectivity index (χ2v) is 4.62. The van der Waals surface area contributed by atoms with Crippen LogP contribution in [0.2, 0.25) is 5.15 Å². The van der Waals surface area contributed by atoms with Gasteiger partial charge in [0.05, 0.1) is 5.52 Å². The maximum Gasteiger partial charge on any atom is 0.189 e. The summed E-state index contributed by atoms with van der Waals surface area (Å²) in [6, 6.07) is 5.77. The van der Waals surface area contributed by atoms with Gasteiger partial charge in [-0.15, -0.1) is 0 Å². The highest BCUT2D eigenvalue weighted by molar-refractivity contribution is 9.10. The summed E-state index contributed by atoms with van der Waals surface area (Å²) < 4.78 is 0.939. The average Bonchev–Trinajstić information content (AvgIpc) is 2.19. The van der Waals surface area contributed by atoms with Crippen LogP contribution in [0.5, 0.6) is 0 Å². The fourth-order valence-electron chi connectivity index (χ4n) is 1.15. The van der Waals surface area contributed by atoms with Gasteiger partial charge < -0.3 is 0 Å². The third-order valence-electron chi connectivity index (χ3n) is 1.79. The Kier molecular flexibility index (Phi) is 2.95. The Hall–Kier alpha value is -0.320. The lowest BCUT2D eigenvalue weighted by atomic mass is 10.2. The molecule has 1 aromatic heterocycles. The third kappa shape index (κ3) is 1.74. The Balaban J connectivity index is 2.83. The smallest absolute Gasteiger partial charge is 0.189 e. The Labute approximate surface area is 99.2 Å². The van der Waals surface area contributed by atoms with Gasteiger partial charge in [0.1, 0.15) is 5.15 Å². The summed E-state index contributed by atoms with van der Waals surface area (Å²) >= 11 is 10.9. The van der Waals surface area contributed by atoms with E-state index >= 15 is 0 Å². The summed E-state index contributed by atoms with van der Waals surface area (Å²) in [7, 11) is 0. The van der Waals surface area contributed by atoms with E-state index < -0.39 is 0 Å². The van der Waals surface area contributed by atoms with Crippen molar-refractivity contribution in [2.24, 2.45) is 0 Å². The maximum absolute atomic E-state index is 6.03. The summed E-state index contributed by atoms with van der Waals surface area (Å²) in [5, 5.41) is 2.06. The molecule has 0 radical (unpaired) electrons. The summed E-state index contributed by atoms with van der Waals surface area (Å²) in [6.45, 7) is 0. The molecule has 2 rings (SSSR count). The van der Waals surface area contributed by atoms with E-state index in [0.29, 0.717) is 10.3 Å². The zero-order valence-corrected chi connectivity index (χ0v) is 10.4. The third-order valence-corrected chi connectivity index (χ3v) is 3.27. The Morgan fingerprint density at radius 3 is 2.86 bits per heavy atom. The molecule has 0 atom stereocenters. The number of benzene rings is 1. The summed E-state index contributed by atoms with van der Waals surface area (Å²) in [6.07, 6.45) is 1.92. The van der Waals surface area contributed by atoms with Crippen LogP contribution in [0.4, 0.5) is 0 Å².